The van der Waals surface area contributed by atoms with E-state index in [9.17, 15) is 0 Å². The quantitative estimate of drug-likeness (QED) is 0.826. The Kier molecular flexibility index (Phi) is 4.30. The molecule has 2 heteroatoms. The van der Waals surface area contributed by atoms with Gasteiger partial charge in [0.2, 0.25) is 0 Å². The SMILES string of the molecule is CC(C)CC1CCCC(N)(C2CC(C)(C)OC2(C)C)C1. The summed E-state index contributed by atoms with van der Waals surface area (Å²) in [7, 11) is 0. The Balaban J connectivity index is 2.13. The third-order valence-corrected chi connectivity index (χ3v) is 5.50. The molecule has 1 aliphatic heterocycles. The Bertz CT molecular complexity index is 347. The minimum atomic E-state index is -0.0853. The average molecular weight is 281 g/mol. The highest BCUT2D eigenvalue weighted by Crippen LogP contribution is 2.51. The van der Waals surface area contributed by atoms with Gasteiger partial charge in [-0.1, -0.05) is 26.7 Å². The van der Waals surface area contributed by atoms with Gasteiger partial charge < -0.3 is 10.5 Å². The van der Waals surface area contributed by atoms with Crippen LogP contribution in [0.2, 0.25) is 0 Å². The summed E-state index contributed by atoms with van der Waals surface area (Å²) in [4.78, 5) is 0. The Hall–Kier alpha value is -0.0800. The molecule has 3 unspecified atom stereocenters. The van der Waals surface area contributed by atoms with Crippen molar-refractivity contribution in [1.29, 1.82) is 0 Å². The van der Waals surface area contributed by atoms with Crippen LogP contribution in [-0.2, 0) is 4.74 Å². The van der Waals surface area contributed by atoms with Crippen LogP contribution in [0.25, 0.3) is 0 Å². The molecule has 0 aromatic rings. The van der Waals surface area contributed by atoms with Crippen molar-refractivity contribution in [2.75, 3.05) is 0 Å². The summed E-state index contributed by atoms with van der Waals surface area (Å²) in [6.07, 6.45) is 7.46. The molecule has 2 fully saturated rings. The highest BCUT2D eigenvalue weighted by atomic mass is 16.5. The Labute approximate surface area is 125 Å². The van der Waals surface area contributed by atoms with E-state index >= 15 is 0 Å². The van der Waals surface area contributed by atoms with E-state index in [4.69, 9.17) is 10.5 Å². The summed E-state index contributed by atoms with van der Waals surface area (Å²) < 4.78 is 6.30. The molecule has 2 N–H and O–H groups in total. The molecule has 1 saturated heterocycles. The van der Waals surface area contributed by atoms with E-state index < -0.39 is 0 Å². The number of rotatable bonds is 3. The van der Waals surface area contributed by atoms with Gasteiger partial charge in [-0.25, -0.2) is 0 Å². The van der Waals surface area contributed by atoms with Crippen LogP contribution in [0.15, 0.2) is 0 Å². The van der Waals surface area contributed by atoms with Crippen LogP contribution in [0.3, 0.4) is 0 Å². The largest absolute Gasteiger partial charge is 0.369 e. The van der Waals surface area contributed by atoms with Crippen molar-refractivity contribution in [3.63, 3.8) is 0 Å². The van der Waals surface area contributed by atoms with Crippen LogP contribution < -0.4 is 5.73 Å². The number of hydrogen-bond acceptors (Lipinski definition) is 2. The van der Waals surface area contributed by atoms with E-state index in [1.807, 2.05) is 0 Å². The summed E-state index contributed by atoms with van der Waals surface area (Å²) in [5.74, 6) is 2.08. The summed E-state index contributed by atoms with van der Waals surface area (Å²) in [5, 5.41) is 0. The summed E-state index contributed by atoms with van der Waals surface area (Å²) in [5.41, 5.74) is 6.82. The molecule has 20 heavy (non-hydrogen) atoms. The maximum absolute atomic E-state index is 6.95. The topological polar surface area (TPSA) is 35.2 Å². The Morgan fingerprint density at radius 3 is 2.30 bits per heavy atom. The van der Waals surface area contributed by atoms with Crippen LogP contribution >= 0.6 is 0 Å². The molecule has 2 rings (SSSR count). The van der Waals surface area contributed by atoms with E-state index in [-0.39, 0.29) is 16.7 Å². The van der Waals surface area contributed by atoms with Crippen LogP contribution in [0, 0.1) is 17.8 Å². The van der Waals surface area contributed by atoms with Gasteiger partial charge in [-0.15, -0.1) is 0 Å². The highest BCUT2D eigenvalue weighted by Gasteiger charge is 2.54. The minimum Gasteiger partial charge on any atom is -0.369 e. The lowest BCUT2D eigenvalue weighted by Crippen LogP contribution is -2.55. The van der Waals surface area contributed by atoms with Gasteiger partial charge in [0.15, 0.2) is 0 Å². The fraction of sp³-hybridized carbons (Fsp3) is 1.00. The first-order valence-corrected chi connectivity index (χ1v) is 8.53. The molecular weight excluding hydrogens is 246 g/mol. The zero-order valence-corrected chi connectivity index (χ0v) is 14.5. The first-order chi connectivity index (χ1) is 9.04. The molecule has 0 radical (unpaired) electrons. The molecule has 0 aromatic carbocycles. The molecule has 0 bridgehead atoms. The molecule has 0 amide bonds. The number of ether oxygens (including phenoxy) is 1. The molecule has 0 spiro atoms. The van der Waals surface area contributed by atoms with Gasteiger partial charge >= 0.3 is 0 Å². The second-order valence-corrected chi connectivity index (χ2v) is 9.05. The van der Waals surface area contributed by atoms with Crippen molar-refractivity contribution in [2.45, 2.75) is 96.8 Å². The lowest BCUT2D eigenvalue weighted by atomic mass is 9.63. The predicted octanol–water partition coefficient (Wildman–Crippen LogP) is 4.51. The summed E-state index contributed by atoms with van der Waals surface area (Å²) in [6.45, 7) is 13.6. The second-order valence-electron chi connectivity index (χ2n) is 9.05. The monoisotopic (exact) mass is 281 g/mol. The van der Waals surface area contributed by atoms with Gasteiger partial charge in [-0.2, -0.15) is 0 Å². The molecule has 2 nitrogen and oxygen atoms in total. The number of hydrogen-bond donors (Lipinski definition) is 1. The maximum Gasteiger partial charge on any atom is 0.0680 e. The predicted molar refractivity (Wildman–Crippen MR) is 85.7 cm³/mol. The fourth-order valence-electron chi connectivity index (χ4n) is 5.10. The van der Waals surface area contributed by atoms with E-state index in [0.29, 0.717) is 5.92 Å². The summed E-state index contributed by atoms with van der Waals surface area (Å²) >= 11 is 0. The number of nitrogens with two attached hydrogens (primary N) is 1. The molecular formula is C18H35NO. The zero-order valence-electron chi connectivity index (χ0n) is 14.5. The minimum absolute atomic E-state index is 0.0188. The lowest BCUT2D eigenvalue weighted by Gasteiger charge is -2.46. The van der Waals surface area contributed by atoms with Crippen LogP contribution in [0.4, 0.5) is 0 Å². The zero-order chi connectivity index (χ0) is 15.2. The van der Waals surface area contributed by atoms with Crippen LogP contribution in [0.5, 0.6) is 0 Å². The maximum atomic E-state index is 6.95. The second kappa shape index (κ2) is 5.28. The third-order valence-electron chi connectivity index (χ3n) is 5.50. The van der Waals surface area contributed by atoms with Crippen molar-refractivity contribution in [3.8, 4) is 0 Å². The van der Waals surface area contributed by atoms with Gasteiger partial charge in [-0.3, -0.25) is 0 Å². The molecule has 1 heterocycles. The van der Waals surface area contributed by atoms with E-state index in [1.54, 1.807) is 0 Å². The first-order valence-electron chi connectivity index (χ1n) is 8.53. The molecule has 1 aliphatic carbocycles. The van der Waals surface area contributed by atoms with Gasteiger partial charge in [0, 0.05) is 11.5 Å². The fourth-order valence-corrected chi connectivity index (χ4v) is 5.10. The van der Waals surface area contributed by atoms with Crippen molar-refractivity contribution in [3.05, 3.63) is 0 Å². The third kappa shape index (κ3) is 3.39. The van der Waals surface area contributed by atoms with Crippen molar-refractivity contribution < 1.29 is 4.74 Å². The van der Waals surface area contributed by atoms with Gasteiger partial charge in [-0.05, 0) is 65.2 Å². The van der Waals surface area contributed by atoms with Crippen LogP contribution in [0.1, 0.15) is 80.1 Å². The van der Waals surface area contributed by atoms with E-state index in [0.717, 1.165) is 18.3 Å². The standard InChI is InChI=1S/C18H35NO/c1-13(2)10-14-8-7-9-18(19,11-14)15-12-16(3,4)20-17(15,5)6/h13-15H,7-12,19H2,1-6H3. The van der Waals surface area contributed by atoms with E-state index in [2.05, 4.69) is 41.5 Å². The average Bonchev–Trinajstić information content (AvgIpc) is 2.46. The first kappa shape index (κ1) is 16.3. The Morgan fingerprint density at radius 2 is 1.80 bits per heavy atom. The van der Waals surface area contributed by atoms with Crippen molar-refractivity contribution >= 4 is 0 Å². The lowest BCUT2D eigenvalue weighted by molar-refractivity contribution is -0.0853. The normalized spacial score (nSPS) is 40.2. The molecule has 3 atom stereocenters. The van der Waals surface area contributed by atoms with Gasteiger partial charge in [0.25, 0.3) is 0 Å². The van der Waals surface area contributed by atoms with Crippen molar-refractivity contribution in [1.82, 2.24) is 0 Å². The molecule has 0 aromatic heterocycles. The van der Waals surface area contributed by atoms with Gasteiger partial charge in [0.1, 0.15) is 0 Å². The molecule has 2 aliphatic rings. The van der Waals surface area contributed by atoms with Crippen LogP contribution in [-0.4, -0.2) is 16.7 Å². The molecule has 1 saturated carbocycles. The smallest absolute Gasteiger partial charge is 0.0680 e. The van der Waals surface area contributed by atoms with Crippen molar-refractivity contribution in [2.24, 2.45) is 23.5 Å². The van der Waals surface area contributed by atoms with Gasteiger partial charge in [0.05, 0.1) is 11.2 Å². The van der Waals surface area contributed by atoms with E-state index in [1.165, 1.54) is 32.1 Å². The highest BCUT2D eigenvalue weighted by molar-refractivity contribution is 5.07. The molecule has 118 valence electrons. The Morgan fingerprint density at radius 1 is 1.15 bits per heavy atom. The summed E-state index contributed by atoms with van der Waals surface area (Å²) in [6, 6.07) is 0.